The zero-order valence-electron chi connectivity index (χ0n) is 24.6. The molecule has 0 saturated heterocycles. The lowest BCUT2D eigenvalue weighted by Gasteiger charge is -2.27. The van der Waals surface area contributed by atoms with Crippen LogP contribution < -0.4 is 15.4 Å². The molecule has 1 aliphatic heterocycles. The van der Waals surface area contributed by atoms with Crippen LogP contribution in [0.3, 0.4) is 0 Å². The van der Waals surface area contributed by atoms with Crippen LogP contribution in [-0.2, 0) is 29.1 Å². The van der Waals surface area contributed by atoms with Crippen molar-refractivity contribution in [2.24, 2.45) is 5.41 Å². The van der Waals surface area contributed by atoms with Crippen molar-refractivity contribution in [3.8, 4) is 0 Å². The van der Waals surface area contributed by atoms with Crippen LogP contribution in [0, 0.1) is 19.3 Å². The minimum atomic E-state index is -1.14. The summed E-state index contributed by atoms with van der Waals surface area (Å²) in [6.07, 6.45) is 2.53. The number of fused-ring (bicyclic) bond motifs is 2. The summed E-state index contributed by atoms with van der Waals surface area (Å²) in [6.45, 7) is 12.2. The molecule has 0 aliphatic carbocycles. The normalized spacial score (nSPS) is 15.2. The summed E-state index contributed by atoms with van der Waals surface area (Å²) in [5.41, 5.74) is 2.98. The quantitative estimate of drug-likeness (QED) is 0.267. The number of nitrogens with zero attached hydrogens (tertiary/aromatic N) is 5. The Labute approximate surface area is 244 Å². The zero-order chi connectivity index (χ0) is 29.5. The number of thiazole rings is 1. The van der Waals surface area contributed by atoms with Gasteiger partial charge < -0.3 is 18.8 Å². The van der Waals surface area contributed by atoms with E-state index in [1.54, 1.807) is 58.9 Å². The van der Waals surface area contributed by atoms with E-state index in [0.717, 1.165) is 46.4 Å². The average molecular weight is 576 g/mol. The Bertz CT molecular complexity index is 1670. The van der Waals surface area contributed by atoms with Gasteiger partial charge in [-0.05, 0) is 70.9 Å². The number of carbonyl (C=O) groups is 2. The highest BCUT2D eigenvalue weighted by Gasteiger charge is 2.45. The molecule has 1 aromatic carbocycles. The second-order valence-electron chi connectivity index (χ2n) is 11.2. The number of aryl methyl sites for hydroxylation is 2. The average Bonchev–Trinajstić information content (AvgIpc) is 3.53. The molecule has 3 aromatic heterocycles. The molecule has 0 fully saturated rings. The third-order valence-corrected chi connectivity index (χ3v) is 8.76. The van der Waals surface area contributed by atoms with E-state index in [-0.39, 0.29) is 17.4 Å². The monoisotopic (exact) mass is 575 g/mol. The van der Waals surface area contributed by atoms with Gasteiger partial charge >= 0.3 is 0 Å². The van der Waals surface area contributed by atoms with Gasteiger partial charge in [-0.15, -0.1) is 11.3 Å². The third kappa shape index (κ3) is 5.58. The van der Waals surface area contributed by atoms with Gasteiger partial charge in [-0.2, -0.15) is 0 Å². The Kier molecular flexibility index (Phi) is 7.89. The molecule has 0 unspecified atom stereocenters. The van der Waals surface area contributed by atoms with Crippen molar-refractivity contribution in [2.45, 2.75) is 54.1 Å². The van der Waals surface area contributed by atoms with Crippen molar-refractivity contribution in [3.05, 3.63) is 74.3 Å². The molecule has 41 heavy (non-hydrogen) atoms. The number of aromatic nitrogens is 2. The summed E-state index contributed by atoms with van der Waals surface area (Å²) in [6, 6.07) is 9.65. The number of hydrogen-bond donors (Lipinski definition) is 0. The van der Waals surface area contributed by atoms with Gasteiger partial charge in [-0.1, -0.05) is 6.07 Å². The number of rotatable bonds is 9. The molecule has 9 nitrogen and oxygen atoms in total. The molecule has 4 heterocycles. The van der Waals surface area contributed by atoms with E-state index in [4.69, 9.17) is 4.42 Å². The molecule has 0 bridgehead atoms. The standard InChI is InChI=1S/C31H37N5O4S/c1-7-36-24-9-8-22(17-25(24)33(6)29(38)31(4,5)30(36)39)10-12-34(18-27-32-20(2)19-41-27)14-15-35-13-11-26-23(28(35)37)16-21(3)40-26/h8-9,11,13,16-17,19H,7,10,12,14-15,18H2,1-6H3. The number of hydrogen-bond acceptors (Lipinski definition) is 7. The van der Waals surface area contributed by atoms with Gasteiger partial charge in [-0.3, -0.25) is 19.3 Å². The molecule has 10 heteroatoms. The van der Waals surface area contributed by atoms with E-state index in [2.05, 4.69) is 15.3 Å². The first-order valence-corrected chi connectivity index (χ1v) is 14.8. The minimum absolute atomic E-state index is 0.0548. The van der Waals surface area contributed by atoms with E-state index in [1.165, 1.54) is 0 Å². The molecular formula is C31H37N5O4S. The van der Waals surface area contributed by atoms with E-state index in [9.17, 15) is 14.4 Å². The highest BCUT2D eigenvalue weighted by Crippen LogP contribution is 2.38. The summed E-state index contributed by atoms with van der Waals surface area (Å²) in [5, 5.41) is 3.68. The highest BCUT2D eigenvalue weighted by molar-refractivity contribution is 7.09. The molecule has 0 N–H and O–H groups in total. The predicted molar refractivity (Wildman–Crippen MR) is 163 cm³/mol. The molecule has 1 aliphatic rings. The lowest BCUT2D eigenvalue weighted by Crippen LogP contribution is -2.47. The zero-order valence-corrected chi connectivity index (χ0v) is 25.4. The molecule has 0 spiro atoms. The van der Waals surface area contributed by atoms with Crippen LogP contribution in [0.25, 0.3) is 11.0 Å². The Morgan fingerprint density at radius 1 is 1.02 bits per heavy atom. The van der Waals surface area contributed by atoms with Crippen molar-refractivity contribution in [1.29, 1.82) is 0 Å². The number of furan rings is 1. The van der Waals surface area contributed by atoms with Crippen LogP contribution in [0.2, 0.25) is 0 Å². The van der Waals surface area contributed by atoms with Gasteiger partial charge in [0.1, 0.15) is 21.8 Å². The second kappa shape index (κ2) is 11.3. The fourth-order valence-corrected chi connectivity index (χ4v) is 6.27. The summed E-state index contributed by atoms with van der Waals surface area (Å²) in [4.78, 5) is 49.8. The van der Waals surface area contributed by atoms with Gasteiger partial charge in [0.25, 0.3) is 5.56 Å². The van der Waals surface area contributed by atoms with E-state index < -0.39 is 5.41 Å². The molecule has 4 aromatic rings. The summed E-state index contributed by atoms with van der Waals surface area (Å²) in [5.74, 6) is 0.318. The van der Waals surface area contributed by atoms with Crippen molar-refractivity contribution in [1.82, 2.24) is 14.5 Å². The number of benzene rings is 1. The van der Waals surface area contributed by atoms with E-state index in [1.807, 2.05) is 45.0 Å². The molecule has 0 atom stereocenters. The van der Waals surface area contributed by atoms with Crippen molar-refractivity contribution < 1.29 is 14.0 Å². The maximum atomic E-state index is 13.2. The van der Waals surface area contributed by atoms with Crippen molar-refractivity contribution in [3.63, 3.8) is 0 Å². The first-order valence-electron chi connectivity index (χ1n) is 14.0. The van der Waals surface area contributed by atoms with Gasteiger partial charge in [0.2, 0.25) is 11.8 Å². The van der Waals surface area contributed by atoms with Gasteiger partial charge in [0, 0.05) is 50.5 Å². The van der Waals surface area contributed by atoms with E-state index in [0.29, 0.717) is 37.1 Å². The Hall–Kier alpha value is -3.76. The van der Waals surface area contributed by atoms with E-state index >= 15 is 0 Å². The van der Waals surface area contributed by atoms with Gasteiger partial charge in [0.15, 0.2) is 0 Å². The molecule has 0 radical (unpaired) electrons. The maximum absolute atomic E-state index is 13.2. The van der Waals surface area contributed by atoms with Crippen LogP contribution in [0.5, 0.6) is 0 Å². The molecule has 2 amide bonds. The number of carbonyl (C=O) groups excluding carboxylic acids is 2. The van der Waals surface area contributed by atoms with Crippen molar-refractivity contribution in [2.75, 3.05) is 36.5 Å². The lowest BCUT2D eigenvalue weighted by atomic mass is 9.90. The smallest absolute Gasteiger partial charge is 0.261 e. The highest BCUT2D eigenvalue weighted by atomic mass is 32.1. The fraction of sp³-hybridized carbons (Fsp3) is 0.419. The van der Waals surface area contributed by atoms with Crippen LogP contribution in [-0.4, -0.2) is 52.9 Å². The lowest BCUT2D eigenvalue weighted by molar-refractivity contribution is -0.137. The maximum Gasteiger partial charge on any atom is 0.261 e. The number of amides is 2. The fourth-order valence-electron chi connectivity index (χ4n) is 5.45. The van der Waals surface area contributed by atoms with Crippen LogP contribution in [0.4, 0.5) is 11.4 Å². The minimum Gasteiger partial charge on any atom is -0.461 e. The topological polar surface area (TPSA) is 91.9 Å². The Morgan fingerprint density at radius 3 is 2.51 bits per heavy atom. The largest absolute Gasteiger partial charge is 0.461 e. The van der Waals surface area contributed by atoms with Crippen LogP contribution >= 0.6 is 11.3 Å². The summed E-state index contributed by atoms with van der Waals surface area (Å²) >= 11 is 1.64. The number of pyridine rings is 1. The molecule has 0 saturated carbocycles. The summed E-state index contributed by atoms with van der Waals surface area (Å²) < 4.78 is 7.35. The van der Waals surface area contributed by atoms with Crippen LogP contribution in [0.1, 0.15) is 42.8 Å². The second-order valence-corrected chi connectivity index (χ2v) is 12.2. The van der Waals surface area contributed by atoms with Gasteiger partial charge in [-0.25, -0.2) is 4.98 Å². The third-order valence-electron chi connectivity index (χ3n) is 7.81. The Morgan fingerprint density at radius 2 is 1.80 bits per heavy atom. The van der Waals surface area contributed by atoms with Crippen molar-refractivity contribution >= 4 is 45.5 Å². The summed E-state index contributed by atoms with van der Waals surface area (Å²) in [7, 11) is 1.74. The first-order chi connectivity index (χ1) is 19.5. The molecule has 216 valence electrons. The van der Waals surface area contributed by atoms with Crippen LogP contribution in [0.15, 0.2) is 51.1 Å². The first kappa shape index (κ1) is 28.8. The SMILES string of the molecule is CCN1C(=O)C(C)(C)C(=O)N(C)c2cc(CCN(CCn3ccc4oc(C)cc4c3=O)Cc3nc(C)cs3)ccc21. The Balaban J connectivity index is 1.37. The van der Waals surface area contributed by atoms with Gasteiger partial charge in [0.05, 0.1) is 23.3 Å². The molecular weight excluding hydrogens is 538 g/mol. The predicted octanol–water partition coefficient (Wildman–Crippen LogP) is 4.77. The number of anilines is 2. The molecule has 5 rings (SSSR count).